The van der Waals surface area contributed by atoms with Gasteiger partial charge in [0.15, 0.2) is 0 Å². The van der Waals surface area contributed by atoms with Gasteiger partial charge in [0.1, 0.15) is 0 Å². The highest BCUT2D eigenvalue weighted by Crippen LogP contribution is 2.16. The molecule has 1 aromatic carbocycles. The van der Waals surface area contributed by atoms with E-state index in [1.807, 2.05) is 4.90 Å². The lowest BCUT2D eigenvalue weighted by molar-refractivity contribution is 0.0792. The maximum atomic E-state index is 12.3. The van der Waals surface area contributed by atoms with E-state index in [4.69, 9.17) is 0 Å². The van der Waals surface area contributed by atoms with E-state index < -0.39 is 0 Å². The van der Waals surface area contributed by atoms with Gasteiger partial charge >= 0.3 is 0 Å². The Morgan fingerprint density at radius 1 is 1.04 bits per heavy atom. The summed E-state index contributed by atoms with van der Waals surface area (Å²) in [5.41, 5.74) is 1.76. The van der Waals surface area contributed by atoms with E-state index in [1.165, 1.54) is 6.20 Å². The standard InChI is InChI=1S/C17H16BrN3O2/c18-14-9-13(10-19-11-14)16(22)20-15-5-3-12(4-6-15)17(23)21-7-1-2-8-21/h3-6,9-11H,1-2,7-8H2,(H,20,22). The molecule has 118 valence electrons. The molecular weight excluding hydrogens is 358 g/mol. The zero-order valence-electron chi connectivity index (χ0n) is 12.5. The molecule has 0 bridgehead atoms. The molecule has 2 aromatic rings. The molecule has 1 fully saturated rings. The first-order valence-corrected chi connectivity index (χ1v) is 8.24. The maximum Gasteiger partial charge on any atom is 0.257 e. The highest BCUT2D eigenvalue weighted by atomic mass is 79.9. The monoisotopic (exact) mass is 373 g/mol. The molecule has 0 atom stereocenters. The average Bonchev–Trinajstić information content (AvgIpc) is 3.09. The number of hydrogen-bond donors (Lipinski definition) is 1. The first-order valence-electron chi connectivity index (χ1n) is 7.45. The molecule has 2 amide bonds. The number of pyridine rings is 1. The fraction of sp³-hybridized carbons (Fsp3) is 0.235. The minimum atomic E-state index is -0.239. The van der Waals surface area contributed by atoms with Crippen molar-refractivity contribution >= 4 is 33.4 Å². The Kier molecular flexibility index (Phi) is 4.71. The quantitative estimate of drug-likeness (QED) is 0.897. The van der Waals surface area contributed by atoms with Crippen molar-refractivity contribution < 1.29 is 9.59 Å². The fourth-order valence-electron chi connectivity index (χ4n) is 2.54. The number of halogens is 1. The lowest BCUT2D eigenvalue weighted by atomic mass is 10.1. The van der Waals surface area contributed by atoms with E-state index in [1.54, 1.807) is 36.5 Å². The Bertz CT molecular complexity index is 725. The first kappa shape index (κ1) is 15.7. The molecule has 6 heteroatoms. The van der Waals surface area contributed by atoms with E-state index in [9.17, 15) is 9.59 Å². The molecule has 0 aliphatic carbocycles. The number of carbonyl (C=O) groups is 2. The van der Waals surface area contributed by atoms with Crippen molar-refractivity contribution in [3.63, 3.8) is 0 Å². The summed E-state index contributed by atoms with van der Waals surface area (Å²) in [7, 11) is 0. The summed E-state index contributed by atoms with van der Waals surface area (Å²) in [6, 6.07) is 8.68. The third kappa shape index (κ3) is 3.76. The van der Waals surface area contributed by atoms with Crippen LogP contribution in [-0.4, -0.2) is 34.8 Å². The van der Waals surface area contributed by atoms with Gasteiger partial charge in [-0.15, -0.1) is 0 Å². The number of carbonyl (C=O) groups excluding carboxylic acids is 2. The van der Waals surface area contributed by atoms with Gasteiger partial charge < -0.3 is 10.2 Å². The Hall–Kier alpha value is -2.21. The normalized spacial score (nSPS) is 13.9. The summed E-state index contributed by atoms with van der Waals surface area (Å²) in [6.07, 6.45) is 5.27. The molecule has 2 heterocycles. The predicted molar refractivity (Wildman–Crippen MR) is 91.5 cm³/mol. The molecule has 1 aliphatic heterocycles. The molecule has 5 nitrogen and oxygen atoms in total. The SMILES string of the molecule is O=C(Nc1ccc(C(=O)N2CCCC2)cc1)c1cncc(Br)c1. The number of nitrogens with one attached hydrogen (secondary N) is 1. The third-order valence-corrected chi connectivity index (χ3v) is 4.18. The van der Waals surface area contributed by atoms with E-state index in [-0.39, 0.29) is 11.8 Å². The number of anilines is 1. The van der Waals surface area contributed by atoms with Gasteiger partial charge in [0.2, 0.25) is 0 Å². The van der Waals surface area contributed by atoms with E-state index in [0.29, 0.717) is 16.8 Å². The van der Waals surface area contributed by atoms with Crippen molar-refractivity contribution in [2.24, 2.45) is 0 Å². The largest absolute Gasteiger partial charge is 0.339 e. The highest BCUT2D eigenvalue weighted by molar-refractivity contribution is 9.10. The molecular formula is C17H16BrN3O2. The zero-order valence-corrected chi connectivity index (χ0v) is 14.0. The average molecular weight is 374 g/mol. The van der Waals surface area contributed by atoms with Crippen molar-refractivity contribution in [3.8, 4) is 0 Å². The van der Waals surface area contributed by atoms with Crippen molar-refractivity contribution in [2.75, 3.05) is 18.4 Å². The van der Waals surface area contributed by atoms with Crippen LogP contribution in [0.15, 0.2) is 47.2 Å². The number of hydrogen-bond acceptors (Lipinski definition) is 3. The summed E-state index contributed by atoms with van der Waals surface area (Å²) in [5.74, 6) is -0.186. The van der Waals surface area contributed by atoms with E-state index in [0.717, 1.165) is 30.4 Å². The third-order valence-electron chi connectivity index (χ3n) is 3.75. The summed E-state index contributed by atoms with van der Waals surface area (Å²) in [6.45, 7) is 1.65. The molecule has 1 saturated heterocycles. The van der Waals surface area contributed by atoms with Gasteiger partial charge in [-0.25, -0.2) is 0 Å². The fourth-order valence-corrected chi connectivity index (χ4v) is 2.90. The Labute approximate surface area is 142 Å². The topological polar surface area (TPSA) is 62.3 Å². The lowest BCUT2D eigenvalue weighted by Gasteiger charge is -2.15. The molecule has 0 unspecified atom stereocenters. The summed E-state index contributed by atoms with van der Waals surface area (Å²) < 4.78 is 0.747. The second kappa shape index (κ2) is 6.91. The Morgan fingerprint density at radius 2 is 1.74 bits per heavy atom. The molecule has 1 aromatic heterocycles. The Morgan fingerprint density at radius 3 is 2.39 bits per heavy atom. The van der Waals surface area contributed by atoms with Crippen molar-refractivity contribution in [3.05, 3.63) is 58.3 Å². The maximum absolute atomic E-state index is 12.3. The van der Waals surface area contributed by atoms with Gasteiger partial charge in [-0.2, -0.15) is 0 Å². The van der Waals surface area contributed by atoms with Crippen LogP contribution in [0.4, 0.5) is 5.69 Å². The van der Waals surface area contributed by atoms with Crippen LogP contribution in [0, 0.1) is 0 Å². The number of likely N-dealkylation sites (tertiary alicyclic amines) is 1. The van der Waals surface area contributed by atoms with Crippen molar-refractivity contribution in [1.82, 2.24) is 9.88 Å². The van der Waals surface area contributed by atoms with Gasteiger partial charge in [-0.3, -0.25) is 14.6 Å². The number of nitrogens with zero attached hydrogens (tertiary/aromatic N) is 2. The van der Waals surface area contributed by atoms with Gasteiger partial charge in [-0.05, 0) is 59.1 Å². The molecule has 0 radical (unpaired) electrons. The van der Waals surface area contributed by atoms with Gasteiger partial charge in [0.05, 0.1) is 5.56 Å². The smallest absolute Gasteiger partial charge is 0.257 e. The number of aromatic nitrogens is 1. The molecule has 23 heavy (non-hydrogen) atoms. The molecule has 1 N–H and O–H groups in total. The summed E-state index contributed by atoms with van der Waals surface area (Å²) in [4.78, 5) is 30.2. The van der Waals surface area contributed by atoms with Crippen molar-refractivity contribution in [2.45, 2.75) is 12.8 Å². The first-order chi connectivity index (χ1) is 11.1. The molecule has 1 aliphatic rings. The minimum absolute atomic E-state index is 0.0524. The zero-order chi connectivity index (χ0) is 16.2. The predicted octanol–water partition coefficient (Wildman–Crippen LogP) is 3.33. The van der Waals surface area contributed by atoms with E-state index in [2.05, 4.69) is 26.2 Å². The van der Waals surface area contributed by atoms with E-state index >= 15 is 0 Å². The van der Waals surface area contributed by atoms with Crippen LogP contribution < -0.4 is 5.32 Å². The lowest BCUT2D eigenvalue weighted by Crippen LogP contribution is -2.27. The minimum Gasteiger partial charge on any atom is -0.339 e. The summed E-state index contributed by atoms with van der Waals surface area (Å²) in [5, 5.41) is 2.80. The Balaban J connectivity index is 1.67. The van der Waals surface area contributed by atoms with Crippen LogP contribution in [0.25, 0.3) is 0 Å². The van der Waals surface area contributed by atoms with Crippen LogP contribution in [-0.2, 0) is 0 Å². The second-order valence-corrected chi connectivity index (χ2v) is 6.34. The second-order valence-electron chi connectivity index (χ2n) is 5.42. The number of rotatable bonds is 3. The van der Waals surface area contributed by atoms with Crippen molar-refractivity contribution in [1.29, 1.82) is 0 Å². The van der Waals surface area contributed by atoms with Gasteiger partial charge in [-0.1, -0.05) is 0 Å². The van der Waals surface area contributed by atoms with Gasteiger partial charge in [0, 0.05) is 41.2 Å². The molecule has 0 saturated carbocycles. The molecule has 3 rings (SSSR count). The molecule has 0 spiro atoms. The number of benzene rings is 1. The van der Waals surface area contributed by atoms with Gasteiger partial charge in [0.25, 0.3) is 11.8 Å². The highest BCUT2D eigenvalue weighted by Gasteiger charge is 2.19. The van der Waals surface area contributed by atoms with Crippen LogP contribution in [0.2, 0.25) is 0 Å². The van der Waals surface area contributed by atoms with Crippen LogP contribution in [0.5, 0.6) is 0 Å². The number of amides is 2. The van der Waals surface area contributed by atoms with Crippen LogP contribution in [0.3, 0.4) is 0 Å². The van der Waals surface area contributed by atoms with Crippen LogP contribution >= 0.6 is 15.9 Å². The van der Waals surface area contributed by atoms with Crippen LogP contribution in [0.1, 0.15) is 33.6 Å². The summed E-state index contributed by atoms with van der Waals surface area (Å²) >= 11 is 3.29.